The highest BCUT2D eigenvalue weighted by Crippen LogP contribution is 2.32. The second-order valence-electron chi connectivity index (χ2n) is 7.64. The monoisotopic (exact) mass is 433 g/mol. The Morgan fingerprint density at radius 2 is 1.84 bits per heavy atom. The van der Waals surface area contributed by atoms with E-state index in [9.17, 15) is 4.79 Å². The number of rotatable bonds is 5. The molecule has 32 heavy (non-hydrogen) atoms. The van der Waals surface area contributed by atoms with Gasteiger partial charge in [-0.15, -0.1) is 0 Å². The summed E-state index contributed by atoms with van der Waals surface area (Å²) in [6, 6.07) is 13.0. The summed E-state index contributed by atoms with van der Waals surface area (Å²) in [5.41, 5.74) is 5.50. The minimum Gasteiger partial charge on any atom is -0.454 e. The molecule has 1 aromatic heterocycles. The van der Waals surface area contributed by atoms with Gasteiger partial charge < -0.3 is 14.8 Å². The van der Waals surface area contributed by atoms with Gasteiger partial charge in [-0.3, -0.25) is 14.8 Å². The first kappa shape index (κ1) is 21.4. The maximum atomic E-state index is 13.0. The van der Waals surface area contributed by atoms with Crippen LogP contribution in [0, 0.1) is 20.8 Å². The van der Waals surface area contributed by atoms with Gasteiger partial charge in [-0.1, -0.05) is 17.7 Å². The quantitative estimate of drug-likeness (QED) is 0.470. The number of guanidine groups is 1. The van der Waals surface area contributed by atoms with Crippen molar-refractivity contribution in [1.29, 1.82) is 0 Å². The Morgan fingerprint density at radius 1 is 1.09 bits per heavy atom. The Bertz CT molecular complexity index is 1170. The fourth-order valence-electron chi connectivity index (χ4n) is 3.53. The second kappa shape index (κ2) is 9.13. The van der Waals surface area contributed by atoms with Crippen LogP contribution in [0.4, 0.5) is 5.69 Å². The van der Waals surface area contributed by atoms with Crippen LogP contribution in [0.5, 0.6) is 11.5 Å². The molecule has 0 saturated heterocycles. The second-order valence-corrected chi connectivity index (χ2v) is 7.64. The number of hydrogen-bond donors (Lipinski definition) is 2. The Labute approximate surface area is 187 Å². The van der Waals surface area contributed by atoms with Crippen LogP contribution in [-0.2, 0) is 13.1 Å². The zero-order valence-electron chi connectivity index (χ0n) is 18.7. The van der Waals surface area contributed by atoms with E-state index in [1.54, 1.807) is 18.2 Å². The van der Waals surface area contributed by atoms with Crippen LogP contribution in [0.2, 0.25) is 0 Å². The number of aromatic nitrogens is 2. The molecule has 166 valence electrons. The van der Waals surface area contributed by atoms with Gasteiger partial charge in [0.2, 0.25) is 12.8 Å². The molecule has 0 radical (unpaired) electrons. The van der Waals surface area contributed by atoms with Crippen molar-refractivity contribution >= 4 is 17.6 Å². The SMILES string of the molecule is CCn1nc(C)c(CN=C(NC(=O)c2ccc3c(c2)OCO3)Nc2ccc(C)cc2)c1C. The molecule has 8 nitrogen and oxygen atoms in total. The molecule has 3 aromatic rings. The summed E-state index contributed by atoms with van der Waals surface area (Å²) >= 11 is 0. The van der Waals surface area contributed by atoms with E-state index in [0.717, 1.165) is 34.7 Å². The minimum absolute atomic E-state index is 0.159. The summed E-state index contributed by atoms with van der Waals surface area (Å²) < 4.78 is 12.7. The lowest BCUT2D eigenvalue weighted by Crippen LogP contribution is -2.36. The predicted molar refractivity (Wildman–Crippen MR) is 123 cm³/mol. The molecule has 0 saturated carbocycles. The van der Waals surface area contributed by atoms with Crippen molar-refractivity contribution in [3.05, 3.63) is 70.5 Å². The van der Waals surface area contributed by atoms with Crippen LogP contribution >= 0.6 is 0 Å². The molecule has 0 unspecified atom stereocenters. The fourth-order valence-corrected chi connectivity index (χ4v) is 3.53. The molecule has 0 aliphatic carbocycles. The summed E-state index contributed by atoms with van der Waals surface area (Å²) in [4.78, 5) is 17.6. The van der Waals surface area contributed by atoms with Crippen LogP contribution < -0.4 is 20.1 Å². The van der Waals surface area contributed by atoms with E-state index in [1.165, 1.54) is 0 Å². The zero-order valence-corrected chi connectivity index (χ0v) is 18.7. The Hall–Kier alpha value is -3.81. The molecule has 0 atom stereocenters. The van der Waals surface area contributed by atoms with Gasteiger partial charge in [0, 0.05) is 29.1 Å². The van der Waals surface area contributed by atoms with Crippen LogP contribution in [0.3, 0.4) is 0 Å². The highest BCUT2D eigenvalue weighted by molar-refractivity contribution is 6.10. The van der Waals surface area contributed by atoms with Crippen molar-refractivity contribution < 1.29 is 14.3 Å². The largest absolute Gasteiger partial charge is 0.454 e. The molecule has 2 heterocycles. The molecule has 1 amide bonds. The molecule has 0 spiro atoms. The van der Waals surface area contributed by atoms with Gasteiger partial charge in [0.1, 0.15) is 0 Å². The number of nitrogens with zero attached hydrogens (tertiary/aromatic N) is 3. The van der Waals surface area contributed by atoms with E-state index in [-0.39, 0.29) is 12.7 Å². The molecular formula is C24H27N5O3. The number of ether oxygens (including phenoxy) is 2. The molecule has 4 rings (SSSR count). The maximum absolute atomic E-state index is 13.0. The van der Waals surface area contributed by atoms with E-state index < -0.39 is 0 Å². The number of benzene rings is 2. The van der Waals surface area contributed by atoms with Crippen molar-refractivity contribution in [1.82, 2.24) is 15.1 Å². The van der Waals surface area contributed by atoms with Gasteiger partial charge in [-0.25, -0.2) is 4.99 Å². The number of carbonyl (C=O) groups excluding carboxylic acids is 1. The third-order valence-corrected chi connectivity index (χ3v) is 5.41. The molecule has 2 N–H and O–H groups in total. The van der Waals surface area contributed by atoms with Gasteiger partial charge in [0.25, 0.3) is 5.91 Å². The standard InChI is InChI=1S/C24H27N5O3/c1-5-29-17(4)20(16(3)28-29)13-25-24(26-19-9-6-15(2)7-10-19)27-23(30)18-8-11-21-22(12-18)32-14-31-21/h6-12H,5,13-14H2,1-4H3,(H2,25,26,27,30). The van der Waals surface area contributed by atoms with Crippen LogP contribution in [0.25, 0.3) is 0 Å². The van der Waals surface area contributed by atoms with Crippen molar-refractivity contribution in [2.45, 2.75) is 40.8 Å². The Balaban J connectivity index is 1.58. The molecule has 1 aliphatic rings. The summed E-state index contributed by atoms with van der Waals surface area (Å²) in [6.07, 6.45) is 0. The first-order valence-corrected chi connectivity index (χ1v) is 10.6. The summed E-state index contributed by atoms with van der Waals surface area (Å²) in [5, 5.41) is 10.7. The van der Waals surface area contributed by atoms with Crippen molar-refractivity contribution in [3.8, 4) is 11.5 Å². The zero-order chi connectivity index (χ0) is 22.7. The van der Waals surface area contributed by atoms with Crippen molar-refractivity contribution in [2.24, 2.45) is 4.99 Å². The van der Waals surface area contributed by atoms with E-state index in [2.05, 4.69) is 27.6 Å². The first-order valence-electron chi connectivity index (χ1n) is 10.6. The number of fused-ring (bicyclic) bond motifs is 1. The molecule has 2 aromatic carbocycles. The van der Waals surface area contributed by atoms with Crippen LogP contribution in [0.1, 0.15) is 39.8 Å². The predicted octanol–water partition coefficient (Wildman–Crippen LogP) is 3.96. The number of amides is 1. The molecule has 0 fully saturated rings. The summed E-state index contributed by atoms with van der Waals surface area (Å²) in [5.74, 6) is 1.26. The highest BCUT2D eigenvalue weighted by atomic mass is 16.7. The third-order valence-electron chi connectivity index (χ3n) is 5.41. The molecule has 0 bridgehead atoms. The van der Waals surface area contributed by atoms with Crippen LogP contribution in [-0.4, -0.2) is 28.4 Å². The normalized spacial score (nSPS) is 12.7. The van der Waals surface area contributed by atoms with E-state index in [4.69, 9.17) is 9.47 Å². The molecule has 8 heteroatoms. The summed E-state index contributed by atoms with van der Waals surface area (Å²) in [7, 11) is 0. The smallest absolute Gasteiger partial charge is 0.258 e. The van der Waals surface area contributed by atoms with Crippen molar-refractivity contribution in [3.63, 3.8) is 0 Å². The average Bonchev–Trinajstić information content (AvgIpc) is 3.36. The number of hydrogen-bond acceptors (Lipinski definition) is 5. The number of aryl methyl sites for hydroxylation is 3. The van der Waals surface area contributed by atoms with E-state index in [0.29, 0.717) is 29.6 Å². The fraction of sp³-hybridized carbons (Fsp3) is 0.292. The number of anilines is 1. The third kappa shape index (κ3) is 4.59. The topological polar surface area (TPSA) is 89.8 Å². The van der Waals surface area contributed by atoms with Gasteiger partial charge in [-0.2, -0.15) is 5.10 Å². The molecular weight excluding hydrogens is 406 g/mol. The lowest BCUT2D eigenvalue weighted by Gasteiger charge is -2.13. The van der Waals surface area contributed by atoms with Gasteiger partial charge in [0.05, 0.1) is 12.2 Å². The Kier molecular flexibility index (Phi) is 6.11. The van der Waals surface area contributed by atoms with Gasteiger partial charge >= 0.3 is 0 Å². The van der Waals surface area contributed by atoms with Crippen LogP contribution in [0.15, 0.2) is 47.5 Å². The highest BCUT2D eigenvalue weighted by Gasteiger charge is 2.18. The number of carbonyl (C=O) groups is 1. The van der Waals surface area contributed by atoms with E-state index >= 15 is 0 Å². The number of aliphatic imine (C=N–C) groups is 1. The Morgan fingerprint density at radius 3 is 2.56 bits per heavy atom. The maximum Gasteiger partial charge on any atom is 0.258 e. The average molecular weight is 434 g/mol. The van der Waals surface area contributed by atoms with Crippen molar-refractivity contribution in [2.75, 3.05) is 12.1 Å². The molecule has 1 aliphatic heterocycles. The first-order chi connectivity index (χ1) is 15.4. The van der Waals surface area contributed by atoms with E-state index in [1.807, 2.05) is 49.7 Å². The summed E-state index contributed by atoms with van der Waals surface area (Å²) in [6.45, 7) is 9.44. The van der Waals surface area contributed by atoms with Gasteiger partial charge in [-0.05, 0) is 58.0 Å². The lowest BCUT2D eigenvalue weighted by molar-refractivity contribution is 0.0976. The lowest BCUT2D eigenvalue weighted by atomic mass is 10.2. The van der Waals surface area contributed by atoms with Gasteiger partial charge in [0.15, 0.2) is 11.5 Å². The minimum atomic E-state index is -0.292. The number of nitrogens with one attached hydrogen (secondary N) is 2.